The summed E-state index contributed by atoms with van der Waals surface area (Å²) >= 11 is 0. The van der Waals surface area contributed by atoms with E-state index < -0.39 is 5.69 Å². The molecular weight excluding hydrogens is 174 g/mol. The first kappa shape index (κ1) is 9.53. The van der Waals surface area contributed by atoms with Crippen LogP contribution in [0.15, 0.2) is 17.1 Å². The summed E-state index contributed by atoms with van der Waals surface area (Å²) in [5, 5.41) is 22.2. The van der Waals surface area contributed by atoms with Gasteiger partial charge in [-0.3, -0.25) is 0 Å². The standard InChI is InChI=1S/C7H11N3O3/c1-9-4-2-6(8-3-5-11)10(13)7(9)12/h2,4,8,11H,3,5H2,1H3. The second kappa shape index (κ2) is 3.90. The molecule has 0 aromatic carbocycles. The fraction of sp³-hybridized carbons (Fsp3) is 0.429. The van der Waals surface area contributed by atoms with Gasteiger partial charge in [0.2, 0.25) is 5.82 Å². The van der Waals surface area contributed by atoms with Gasteiger partial charge in [-0.05, 0) is 0 Å². The first-order chi connectivity index (χ1) is 6.16. The highest BCUT2D eigenvalue weighted by atomic mass is 16.5. The molecular formula is C7H11N3O3. The highest BCUT2D eigenvalue weighted by Gasteiger charge is 2.04. The maximum absolute atomic E-state index is 11.1. The summed E-state index contributed by atoms with van der Waals surface area (Å²) in [4.78, 5) is 11.1. The van der Waals surface area contributed by atoms with Gasteiger partial charge < -0.3 is 15.6 Å². The molecule has 2 N–H and O–H groups in total. The SMILES string of the molecule is Cn1ccc(NCCO)[n+]([O-])c1=O. The zero-order valence-electron chi connectivity index (χ0n) is 7.23. The quantitative estimate of drug-likeness (QED) is 0.440. The molecule has 1 aromatic rings. The van der Waals surface area contributed by atoms with Gasteiger partial charge in [0.05, 0.1) is 26.4 Å². The smallest absolute Gasteiger partial charge is 0.443 e. The maximum Gasteiger partial charge on any atom is 0.443 e. The van der Waals surface area contributed by atoms with Crippen molar-refractivity contribution in [2.45, 2.75) is 0 Å². The van der Waals surface area contributed by atoms with Crippen LogP contribution in [0.4, 0.5) is 5.82 Å². The van der Waals surface area contributed by atoms with E-state index in [1.54, 1.807) is 0 Å². The molecule has 1 heterocycles. The Balaban J connectivity index is 2.97. The van der Waals surface area contributed by atoms with Crippen LogP contribution < -0.4 is 15.7 Å². The predicted octanol–water partition coefficient (Wildman–Crippen LogP) is -1.58. The van der Waals surface area contributed by atoms with Crippen LogP contribution >= 0.6 is 0 Å². The summed E-state index contributed by atoms with van der Waals surface area (Å²) in [6.07, 6.45) is 1.48. The van der Waals surface area contributed by atoms with Crippen molar-refractivity contribution in [2.24, 2.45) is 7.05 Å². The van der Waals surface area contributed by atoms with E-state index in [1.807, 2.05) is 0 Å². The molecule has 0 aliphatic rings. The molecule has 0 unspecified atom stereocenters. The second-order valence-corrected chi connectivity index (χ2v) is 2.54. The Morgan fingerprint density at radius 3 is 3.08 bits per heavy atom. The van der Waals surface area contributed by atoms with Gasteiger partial charge in [-0.15, -0.1) is 0 Å². The van der Waals surface area contributed by atoms with E-state index >= 15 is 0 Å². The summed E-state index contributed by atoms with van der Waals surface area (Å²) in [5.41, 5.74) is -0.650. The van der Waals surface area contributed by atoms with Crippen molar-refractivity contribution in [3.63, 3.8) is 0 Å². The second-order valence-electron chi connectivity index (χ2n) is 2.54. The van der Waals surface area contributed by atoms with E-state index in [0.29, 0.717) is 0 Å². The number of nitrogens with one attached hydrogen (secondary N) is 1. The van der Waals surface area contributed by atoms with Crippen molar-refractivity contribution in [3.05, 3.63) is 28.0 Å². The van der Waals surface area contributed by atoms with E-state index in [9.17, 15) is 10.0 Å². The van der Waals surface area contributed by atoms with Crippen LogP contribution in [0.3, 0.4) is 0 Å². The molecule has 6 nitrogen and oxygen atoms in total. The van der Waals surface area contributed by atoms with Gasteiger partial charge in [-0.25, -0.2) is 14.1 Å². The van der Waals surface area contributed by atoms with Crippen LogP contribution in [-0.4, -0.2) is 22.8 Å². The van der Waals surface area contributed by atoms with Crippen LogP contribution in [0.25, 0.3) is 0 Å². The van der Waals surface area contributed by atoms with Crippen molar-refractivity contribution < 1.29 is 9.84 Å². The lowest BCUT2D eigenvalue weighted by molar-refractivity contribution is -0.611. The Kier molecular flexibility index (Phi) is 2.86. The minimum absolute atomic E-state index is 0.0881. The number of aliphatic hydroxyl groups is 1. The van der Waals surface area contributed by atoms with Gasteiger partial charge in [-0.2, -0.15) is 0 Å². The monoisotopic (exact) mass is 185 g/mol. The number of aliphatic hydroxyl groups excluding tert-OH is 1. The third-order valence-electron chi connectivity index (χ3n) is 1.57. The number of hydrogen-bond donors (Lipinski definition) is 2. The van der Waals surface area contributed by atoms with Gasteiger partial charge in [0.25, 0.3) is 0 Å². The van der Waals surface area contributed by atoms with Crippen LogP contribution in [0.2, 0.25) is 0 Å². The Labute approximate surface area is 74.6 Å². The molecule has 0 saturated carbocycles. The lowest BCUT2D eigenvalue weighted by Crippen LogP contribution is -2.51. The van der Waals surface area contributed by atoms with Crippen LogP contribution in [0, 0.1) is 5.21 Å². The molecule has 0 aliphatic heterocycles. The molecule has 0 bridgehead atoms. The fourth-order valence-corrected chi connectivity index (χ4v) is 0.875. The first-order valence-electron chi connectivity index (χ1n) is 3.80. The van der Waals surface area contributed by atoms with Crippen molar-refractivity contribution in [1.82, 2.24) is 4.57 Å². The van der Waals surface area contributed by atoms with Crippen molar-refractivity contribution in [2.75, 3.05) is 18.5 Å². The van der Waals surface area contributed by atoms with Crippen LogP contribution in [-0.2, 0) is 7.05 Å². The number of anilines is 1. The number of rotatable bonds is 3. The van der Waals surface area contributed by atoms with Gasteiger partial charge in [-0.1, -0.05) is 0 Å². The molecule has 0 atom stereocenters. The van der Waals surface area contributed by atoms with E-state index in [1.165, 1.54) is 23.9 Å². The third-order valence-corrected chi connectivity index (χ3v) is 1.57. The minimum Gasteiger partial charge on any atom is -0.738 e. The Hall–Kier alpha value is -1.56. The summed E-state index contributed by atoms with van der Waals surface area (Å²) in [6.45, 7) is 0.157. The van der Waals surface area contributed by atoms with E-state index in [0.717, 1.165) is 0 Å². The zero-order valence-corrected chi connectivity index (χ0v) is 7.23. The molecule has 1 aromatic heterocycles. The summed E-state index contributed by atoms with van der Waals surface area (Å²) in [5.74, 6) is 0.150. The van der Waals surface area contributed by atoms with E-state index in [2.05, 4.69) is 5.32 Å². The molecule has 0 radical (unpaired) electrons. The van der Waals surface area contributed by atoms with Crippen molar-refractivity contribution in [1.29, 1.82) is 0 Å². The molecule has 72 valence electrons. The average Bonchev–Trinajstić information content (AvgIpc) is 2.13. The molecule has 0 saturated heterocycles. The fourth-order valence-electron chi connectivity index (χ4n) is 0.875. The molecule has 13 heavy (non-hydrogen) atoms. The largest absolute Gasteiger partial charge is 0.738 e. The van der Waals surface area contributed by atoms with Crippen molar-refractivity contribution in [3.8, 4) is 0 Å². The highest BCUT2D eigenvalue weighted by Crippen LogP contribution is 1.92. The summed E-state index contributed by atoms with van der Waals surface area (Å²) < 4.78 is 1.42. The van der Waals surface area contributed by atoms with E-state index in [4.69, 9.17) is 5.11 Å². The summed E-state index contributed by atoms with van der Waals surface area (Å²) in [7, 11) is 1.49. The zero-order chi connectivity index (χ0) is 9.84. The molecule has 1 rings (SSSR count). The lowest BCUT2D eigenvalue weighted by atomic mass is 10.5. The van der Waals surface area contributed by atoms with E-state index in [-0.39, 0.29) is 23.7 Å². The predicted molar refractivity (Wildman–Crippen MR) is 46.2 cm³/mol. The topological polar surface area (TPSA) is 81.2 Å². The van der Waals surface area contributed by atoms with Gasteiger partial charge in [0.1, 0.15) is 0 Å². The third kappa shape index (κ3) is 1.97. The van der Waals surface area contributed by atoms with Crippen LogP contribution in [0.1, 0.15) is 0 Å². The normalized spacial score (nSPS) is 10.0. The number of nitrogens with zero attached hydrogens (tertiary/aromatic N) is 2. The molecule has 0 amide bonds. The highest BCUT2D eigenvalue weighted by molar-refractivity contribution is 5.25. The number of aryl methyl sites for hydroxylation is 1. The van der Waals surface area contributed by atoms with Gasteiger partial charge >= 0.3 is 5.69 Å². The molecule has 0 spiro atoms. The molecule has 0 aliphatic carbocycles. The molecule has 6 heteroatoms. The maximum atomic E-state index is 11.1. The number of hydrogen-bond acceptors (Lipinski definition) is 4. The number of aromatic nitrogens is 2. The summed E-state index contributed by atoms with van der Waals surface area (Å²) in [6, 6.07) is 1.48. The van der Waals surface area contributed by atoms with Crippen molar-refractivity contribution >= 4 is 5.82 Å². The minimum atomic E-state index is -0.650. The van der Waals surface area contributed by atoms with Gasteiger partial charge in [0.15, 0.2) is 0 Å². The average molecular weight is 185 g/mol. The Bertz CT molecular complexity index is 347. The Morgan fingerprint density at radius 2 is 2.46 bits per heavy atom. The lowest BCUT2D eigenvalue weighted by Gasteiger charge is -2.09. The van der Waals surface area contributed by atoms with Gasteiger partial charge in [0, 0.05) is 6.07 Å². The Morgan fingerprint density at radius 1 is 1.77 bits per heavy atom. The first-order valence-corrected chi connectivity index (χ1v) is 3.80. The van der Waals surface area contributed by atoms with Crippen LogP contribution in [0.5, 0.6) is 0 Å². The molecule has 0 fully saturated rings.